The summed E-state index contributed by atoms with van der Waals surface area (Å²) in [6.45, 7) is 0. The van der Waals surface area contributed by atoms with Crippen LogP contribution in [-0.2, 0) is 21.1 Å². The fraction of sp³-hybridized carbons (Fsp3) is 0. The molecule has 0 radical (unpaired) electrons. The first-order valence-corrected chi connectivity index (χ1v) is 14.3. The van der Waals surface area contributed by atoms with Crippen molar-refractivity contribution in [3.63, 3.8) is 0 Å². The van der Waals surface area contributed by atoms with Gasteiger partial charge < -0.3 is 0 Å². The third-order valence-corrected chi connectivity index (χ3v) is 5.42. The van der Waals surface area contributed by atoms with Crippen LogP contribution in [0, 0.1) is 68.0 Å². The minimum Gasteiger partial charge on any atom is -0.192 e. The van der Waals surface area contributed by atoms with Crippen molar-refractivity contribution in [2.75, 3.05) is 0 Å². The molecule has 0 aliphatic heterocycles. The Balaban J connectivity index is 0.000000562. The number of rotatable bonds is 0. The molecule has 0 saturated heterocycles. The molecule has 0 bridgehead atoms. The SMILES string of the molecule is N#Cc1ccccc1.N#Cc1ccccc1.N#Cc1ccccc1.N#Cc1ccccc1.N#Cc1ccccc1.N#Cc1ccccc1.[W]. The molecule has 0 atom stereocenters. The molecule has 0 N–H and O–H groups in total. The van der Waals surface area contributed by atoms with Crippen LogP contribution in [0.1, 0.15) is 33.4 Å². The maximum Gasteiger partial charge on any atom is 0.0991 e. The maximum absolute atomic E-state index is 8.29. The predicted octanol–water partition coefficient (Wildman–Crippen LogP) is 9.35. The van der Waals surface area contributed by atoms with E-state index in [1.54, 1.807) is 72.8 Å². The third-order valence-electron chi connectivity index (χ3n) is 5.42. The molecule has 0 spiro atoms. The van der Waals surface area contributed by atoms with Gasteiger partial charge in [0.15, 0.2) is 0 Å². The van der Waals surface area contributed by atoms with Crippen LogP contribution in [0.3, 0.4) is 0 Å². The Morgan fingerprint density at radius 3 is 0.367 bits per heavy atom. The van der Waals surface area contributed by atoms with Crippen molar-refractivity contribution in [3.05, 3.63) is 215 Å². The first-order chi connectivity index (χ1) is 23.6. The molecule has 0 aromatic heterocycles. The van der Waals surface area contributed by atoms with Crippen molar-refractivity contribution < 1.29 is 21.1 Å². The van der Waals surface area contributed by atoms with E-state index in [-0.39, 0.29) is 21.1 Å². The first kappa shape index (κ1) is 41.9. The summed E-state index contributed by atoms with van der Waals surface area (Å²) in [7, 11) is 0. The Hall–Kier alpha value is -7.05. The van der Waals surface area contributed by atoms with Crippen molar-refractivity contribution in [2.24, 2.45) is 0 Å². The monoisotopic (exact) mass is 802 g/mol. The minimum atomic E-state index is 0. The van der Waals surface area contributed by atoms with Gasteiger partial charge in [-0.05, 0) is 72.8 Å². The van der Waals surface area contributed by atoms with Gasteiger partial charge in [0, 0.05) is 21.1 Å². The zero-order chi connectivity index (χ0) is 34.9. The van der Waals surface area contributed by atoms with Crippen molar-refractivity contribution in [1.29, 1.82) is 31.6 Å². The van der Waals surface area contributed by atoms with Gasteiger partial charge in [-0.1, -0.05) is 109 Å². The van der Waals surface area contributed by atoms with Gasteiger partial charge in [-0.25, -0.2) is 0 Å². The van der Waals surface area contributed by atoms with Gasteiger partial charge >= 0.3 is 0 Å². The average molecular weight is 803 g/mol. The summed E-state index contributed by atoms with van der Waals surface area (Å²) in [6.07, 6.45) is 0. The number of hydrogen-bond acceptors (Lipinski definition) is 6. The number of nitriles is 6. The molecular formula is C42H30N6W. The quantitative estimate of drug-likeness (QED) is 0.150. The largest absolute Gasteiger partial charge is 0.192 e. The van der Waals surface area contributed by atoms with Crippen molar-refractivity contribution >= 4 is 0 Å². The second-order valence-corrected chi connectivity index (χ2v) is 8.87. The molecule has 6 aromatic rings. The summed E-state index contributed by atoms with van der Waals surface area (Å²) < 4.78 is 0. The van der Waals surface area contributed by atoms with Gasteiger partial charge in [0.2, 0.25) is 0 Å². The van der Waals surface area contributed by atoms with Crippen LogP contribution in [0.5, 0.6) is 0 Å². The summed E-state index contributed by atoms with van der Waals surface area (Å²) in [5, 5.41) is 49.7. The van der Waals surface area contributed by atoms with Crippen LogP contribution >= 0.6 is 0 Å². The van der Waals surface area contributed by atoms with Crippen molar-refractivity contribution in [1.82, 2.24) is 0 Å². The molecule has 0 amide bonds. The molecular weight excluding hydrogens is 772 g/mol. The van der Waals surface area contributed by atoms with Gasteiger partial charge in [-0.15, -0.1) is 0 Å². The summed E-state index contributed by atoms with van der Waals surface area (Å²) in [5.74, 6) is 0. The van der Waals surface area contributed by atoms with E-state index in [1.807, 2.05) is 146 Å². The van der Waals surface area contributed by atoms with Crippen LogP contribution in [0.4, 0.5) is 0 Å². The standard InChI is InChI=1S/6C7H5N.W/c6*8-6-7-4-2-1-3-5-7;/h6*1-5H;. The molecule has 7 heteroatoms. The molecule has 6 nitrogen and oxygen atoms in total. The molecule has 0 aliphatic carbocycles. The van der Waals surface area contributed by atoms with E-state index >= 15 is 0 Å². The molecule has 6 aromatic carbocycles. The average Bonchev–Trinajstić information content (AvgIpc) is 3.21. The van der Waals surface area contributed by atoms with Crippen molar-refractivity contribution in [3.8, 4) is 36.4 Å². The summed E-state index contributed by atoms with van der Waals surface area (Å²) >= 11 is 0. The Morgan fingerprint density at radius 1 is 0.204 bits per heavy atom. The van der Waals surface area contributed by atoms with Gasteiger partial charge in [0.1, 0.15) is 0 Å². The zero-order valence-electron chi connectivity index (χ0n) is 26.4. The Bertz CT molecular complexity index is 1560. The van der Waals surface area contributed by atoms with E-state index in [0.717, 1.165) is 0 Å². The number of nitrogens with zero attached hydrogens (tertiary/aromatic N) is 6. The summed E-state index contributed by atoms with van der Waals surface area (Å²) in [4.78, 5) is 0. The Kier molecular flexibility index (Phi) is 25.4. The minimum absolute atomic E-state index is 0. The van der Waals surface area contributed by atoms with Gasteiger partial charge in [-0.2, -0.15) is 31.6 Å². The Morgan fingerprint density at radius 2 is 0.306 bits per heavy atom. The molecule has 0 aliphatic rings. The van der Waals surface area contributed by atoms with E-state index in [2.05, 4.69) is 0 Å². The van der Waals surface area contributed by atoms with Gasteiger partial charge in [-0.3, -0.25) is 0 Å². The van der Waals surface area contributed by atoms with Crippen molar-refractivity contribution in [2.45, 2.75) is 0 Å². The van der Waals surface area contributed by atoms with Crippen LogP contribution in [-0.4, -0.2) is 0 Å². The molecule has 0 saturated carbocycles. The van der Waals surface area contributed by atoms with E-state index < -0.39 is 0 Å². The molecule has 234 valence electrons. The van der Waals surface area contributed by atoms with Gasteiger partial charge in [0.05, 0.1) is 69.8 Å². The van der Waals surface area contributed by atoms with Crippen LogP contribution in [0.15, 0.2) is 182 Å². The summed E-state index contributed by atoms with van der Waals surface area (Å²) in [5.41, 5.74) is 4.29. The molecule has 6 rings (SSSR count). The van der Waals surface area contributed by atoms with E-state index in [1.165, 1.54) is 0 Å². The number of hydrogen-bond donors (Lipinski definition) is 0. The first-order valence-electron chi connectivity index (χ1n) is 14.3. The van der Waals surface area contributed by atoms with Crippen LogP contribution in [0.25, 0.3) is 0 Å². The number of benzene rings is 6. The zero-order valence-corrected chi connectivity index (χ0v) is 29.3. The Labute approximate surface area is 303 Å². The molecule has 0 fully saturated rings. The van der Waals surface area contributed by atoms with Gasteiger partial charge in [0.25, 0.3) is 0 Å². The van der Waals surface area contributed by atoms with E-state index in [0.29, 0.717) is 33.4 Å². The fourth-order valence-corrected chi connectivity index (χ4v) is 3.08. The summed E-state index contributed by atoms with van der Waals surface area (Å²) in [6, 6.07) is 67.0. The molecule has 49 heavy (non-hydrogen) atoms. The fourth-order valence-electron chi connectivity index (χ4n) is 3.08. The van der Waals surface area contributed by atoms with Crippen LogP contribution in [0.2, 0.25) is 0 Å². The third kappa shape index (κ3) is 22.2. The maximum atomic E-state index is 8.29. The second-order valence-electron chi connectivity index (χ2n) is 8.87. The normalized spacial score (nSPS) is 7.71. The molecule has 0 unspecified atom stereocenters. The second kappa shape index (κ2) is 29.6. The topological polar surface area (TPSA) is 143 Å². The van der Waals surface area contributed by atoms with Crippen LogP contribution < -0.4 is 0 Å². The smallest absolute Gasteiger partial charge is 0.0991 e. The van der Waals surface area contributed by atoms with E-state index in [4.69, 9.17) is 31.6 Å². The van der Waals surface area contributed by atoms with E-state index in [9.17, 15) is 0 Å². The predicted molar refractivity (Wildman–Crippen MR) is 187 cm³/mol. The molecule has 0 heterocycles.